The Bertz CT molecular complexity index is 769. The van der Waals surface area contributed by atoms with E-state index in [0.717, 1.165) is 51.6 Å². The first-order valence-electron chi connectivity index (χ1n) is 10.5. The molecular formula is C23H33N5O. The van der Waals surface area contributed by atoms with Crippen LogP contribution in [0, 0.1) is 0 Å². The molecule has 1 N–H and O–H groups in total. The summed E-state index contributed by atoms with van der Waals surface area (Å²) in [6.45, 7) is 7.39. The number of rotatable bonds is 5. The Labute approximate surface area is 174 Å². The number of nitrogens with zero attached hydrogens (tertiary/aromatic N) is 4. The molecule has 0 bridgehead atoms. The third kappa shape index (κ3) is 4.60. The zero-order chi connectivity index (χ0) is 20.2. The van der Waals surface area contributed by atoms with Crippen molar-refractivity contribution >= 4 is 17.1 Å². The van der Waals surface area contributed by atoms with Crippen LogP contribution in [0.3, 0.4) is 0 Å². The Hall–Kier alpha value is -2.44. The van der Waals surface area contributed by atoms with Crippen molar-refractivity contribution in [2.75, 3.05) is 81.7 Å². The van der Waals surface area contributed by atoms with Gasteiger partial charge in [0.2, 0.25) is 0 Å². The molecular weight excluding hydrogens is 362 g/mol. The van der Waals surface area contributed by atoms with Crippen molar-refractivity contribution in [2.24, 2.45) is 0 Å². The highest BCUT2D eigenvalue weighted by molar-refractivity contribution is 5.56. The van der Waals surface area contributed by atoms with E-state index in [1.165, 1.54) is 17.1 Å². The number of benzene rings is 2. The Kier molecular flexibility index (Phi) is 6.11. The molecule has 2 fully saturated rings. The summed E-state index contributed by atoms with van der Waals surface area (Å²) in [6.07, 6.45) is 0.407. The molecule has 2 aromatic rings. The fraction of sp³-hybridized carbons (Fsp3) is 0.478. The van der Waals surface area contributed by atoms with Crippen molar-refractivity contribution in [3.63, 3.8) is 0 Å². The minimum absolute atomic E-state index is 0.407. The fourth-order valence-corrected chi connectivity index (χ4v) is 4.26. The largest absolute Gasteiger partial charge is 0.497 e. The van der Waals surface area contributed by atoms with Gasteiger partial charge in [-0.2, -0.15) is 0 Å². The molecule has 1 atom stereocenters. The number of hydrogen-bond donors (Lipinski definition) is 1. The molecule has 2 saturated heterocycles. The molecule has 2 aliphatic rings. The number of anilines is 3. The van der Waals surface area contributed by atoms with E-state index in [1.807, 2.05) is 12.1 Å². The third-order valence-electron chi connectivity index (χ3n) is 6.08. The molecule has 0 amide bonds. The first kappa shape index (κ1) is 19.9. The molecule has 2 heterocycles. The van der Waals surface area contributed by atoms with Gasteiger partial charge in [-0.1, -0.05) is 0 Å². The van der Waals surface area contributed by atoms with Crippen LogP contribution in [0.25, 0.3) is 0 Å². The van der Waals surface area contributed by atoms with Gasteiger partial charge in [0.25, 0.3) is 0 Å². The average Bonchev–Trinajstić information content (AvgIpc) is 2.79. The highest BCUT2D eigenvalue weighted by atomic mass is 16.5. The summed E-state index contributed by atoms with van der Waals surface area (Å²) in [5.74, 6) is 0.912. The van der Waals surface area contributed by atoms with Crippen LogP contribution in [-0.4, -0.2) is 78.1 Å². The van der Waals surface area contributed by atoms with Crippen LogP contribution in [-0.2, 0) is 0 Å². The van der Waals surface area contributed by atoms with Crippen molar-refractivity contribution < 1.29 is 4.74 Å². The van der Waals surface area contributed by atoms with E-state index in [9.17, 15) is 0 Å². The predicted molar refractivity (Wildman–Crippen MR) is 122 cm³/mol. The first-order valence-corrected chi connectivity index (χ1v) is 10.5. The summed E-state index contributed by atoms with van der Waals surface area (Å²) in [4.78, 5) is 9.72. The molecule has 6 heteroatoms. The Morgan fingerprint density at radius 2 is 1.45 bits per heavy atom. The molecule has 4 rings (SSSR count). The van der Waals surface area contributed by atoms with Crippen LogP contribution in [0.2, 0.25) is 0 Å². The summed E-state index contributed by atoms with van der Waals surface area (Å²) < 4.78 is 5.29. The molecule has 6 nitrogen and oxygen atoms in total. The zero-order valence-corrected chi connectivity index (χ0v) is 17.8. The van der Waals surface area contributed by atoms with E-state index < -0.39 is 0 Å². The lowest BCUT2D eigenvalue weighted by molar-refractivity contribution is 0.149. The number of nitrogens with one attached hydrogen (secondary N) is 1. The summed E-state index contributed by atoms with van der Waals surface area (Å²) >= 11 is 0. The smallest absolute Gasteiger partial charge is 0.119 e. The highest BCUT2D eigenvalue weighted by Gasteiger charge is 2.28. The Morgan fingerprint density at radius 3 is 2.07 bits per heavy atom. The van der Waals surface area contributed by atoms with Crippen LogP contribution < -0.4 is 24.8 Å². The lowest BCUT2D eigenvalue weighted by atomic mass is 10.2. The molecule has 29 heavy (non-hydrogen) atoms. The van der Waals surface area contributed by atoms with Gasteiger partial charge in [-0.25, -0.2) is 0 Å². The quantitative estimate of drug-likeness (QED) is 0.837. The van der Waals surface area contributed by atoms with Crippen molar-refractivity contribution in [1.82, 2.24) is 10.2 Å². The van der Waals surface area contributed by atoms with Gasteiger partial charge < -0.3 is 19.4 Å². The van der Waals surface area contributed by atoms with Crippen molar-refractivity contribution in [1.29, 1.82) is 0 Å². The maximum atomic E-state index is 5.29. The van der Waals surface area contributed by atoms with Gasteiger partial charge in [0, 0.05) is 77.0 Å². The van der Waals surface area contributed by atoms with Gasteiger partial charge in [-0.15, -0.1) is 0 Å². The number of ether oxygens (including phenoxy) is 1. The average molecular weight is 396 g/mol. The van der Waals surface area contributed by atoms with E-state index in [4.69, 9.17) is 4.74 Å². The SMILES string of the molecule is COc1ccc(N2CCNC(N3CCN(c4ccc(N(C)C)cc4)CC3)C2)cc1. The molecule has 1 unspecified atom stereocenters. The molecule has 156 valence electrons. The number of hydrogen-bond acceptors (Lipinski definition) is 6. The molecule has 2 aromatic carbocycles. The van der Waals surface area contributed by atoms with Gasteiger partial charge in [0.1, 0.15) is 5.75 Å². The Balaban J connectivity index is 1.33. The molecule has 0 aliphatic carbocycles. The van der Waals surface area contributed by atoms with Crippen LogP contribution in [0.4, 0.5) is 17.1 Å². The molecule has 0 saturated carbocycles. The second-order valence-electron chi connectivity index (χ2n) is 8.05. The van der Waals surface area contributed by atoms with Crippen molar-refractivity contribution in [3.05, 3.63) is 48.5 Å². The normalized spacial score (nSPS) is 20.6. The van der Waals surface area contributed by atoms with E-state index in [1.54, 1.807) is 7.11 Å². The van der Waals surface area contributed by atoms with E-state index in [2.05, 4.69) is 75.4 Å². The van der Waals surface area contributed by atoms with Crippen LogP contribution >= 0.6 is 0 Å². The van der Waals surface area contributed by atoms with Gasteiger partial charge in [0.05, 0.1) is 13.3 Å². The van der Waals surface area contributed by atoms with E-state index in [-0.39, 0.29) is 0 Å². The monoisotopic (exact) mass is 395 g/mol. The summed E-state index contributed by atoms with van der Waals surface area (Å²) in [5, 5.41) is 3.72. The highest BCUT2D eigenvalue weighted by Crippen LogP contribution is 2.23. The summed E-state index contributed by atoms with van der Waals surface area (Å²) in [6, 6.07) is 17.3. The lowest BCUT2D eigenvalue weighted by Gasteiger charge is -2.44. The zero-order valence-electron chi connectivity index (χ0n) is 17.8. The van der Waals surface area contributed by atoms with Crippen molar-refractivity contribution in [2.45, 2.75) is 6.17 Å². The third-order valence-corrected chi connectivity index (χ3v) is 6.08. The Morgan fingerprint density at radius 1 is 0.828 bits per heavy atom. The molecule has 2 aliphatic heterocycles. The van der Waals surface area contributed by atoms with Gasteiger partial charge >= 0.3 is 0 Å². The molecule has 0 aromatic heterocycles. The second kappa shape index (κ2) is 8.93. The number of methoxy groups -OCH3 is 1. The standard InChI is InChI=1S/C23H33N5O/c1-25(2)19-4-6-20(7-5-19)26-14-16-27(17-15-26)23-18-28(13-12-24-23)21-8-10-22(29-3)11-9-21/h4-11,23-24H,12-18H2,1-3H3. The number of piperazine rings is 2. The minimum atomic E-state index is 0.407. The fourth-order valence-electron chi connectivity index (χ4n) is 4.26. The molecule has 0 radical (unpaired) electrons. The molecule has 0 spiro atoms. The topological polar surface area (TPSA) is 34.2 Å². The maximum absolute atomic E-state index is 5.29. The van der Waals surface area contributed by atoms with Crippen LogP contribution in [0.5, 0.6) is 5.75 Å². The summed E-state index contributed by atoms with van der Waals surface area (Å²) in [5.41, 5.74) is 3.85. The maximum Gasteiger partial charge on any atom is 0.119 e. The summed E-state index contributed by atoms with van der Waals surface area (Å²) in [7, 11) is 5.88. The van der Waals surface area contributed by atoms with Crippen LogP contribution in [0.1, 0.15) is 0 Å². The van der Waals surface area contributed by atoms with Gasteiger partial charge in [-0.3, -0.25) is 10.2 Å². The van der Waals surface area contributed by atoms with Gasteiger partial charge in [0.15, 0.2) is 0 Å². The van der Waals surface area contributed by atoms with E-state index in [0.29, 0.717) is 6.17 Å². The van der Waals surface area contributed by atoms with E-state index >= 15 is 0 Å². The first-order chi connectivity index (χ1) is 14.1. The van der Waals surface area contributed by atoms with Crippen LogP contribution in [0.15, 0.2) is 48.5 Å². The minimum Gasteiger partial charge on any atom is -0.497 e. The second-order valence-corrected chi connectivity index (χ2v) is 8.05. The lowest BCUT2D eigenvalue weighted by Crippen LogP contribution is -2.62. The van der Waals surface area contributed by atoms with Gasteiger partial charge in [-0.05, 0) is 48.5 Å². The van der Waals surface area contributed by atoms with Crippen molar-refractivity contribution in [3.8, 4) is 5.75 Å². The predicted octanol–water partition coefficient (Wildman–Crippen LogP) is 2.32.